The third kappa shape index (κ3) is 6.78. The summed E-state index contributed by atoms with van der Waals surface area (Å²) in [4.78, 5) is 11.0. The van der Waals surface area contributed by atoms with Crippen LogP contribution in [0.25, 0.3) is 0 Å². The number of nitrogens with one attached hydrogen (secondary N) is 1. The lowest BCUT2D eigenvalue weighted by Gasteiger charge is -2.08. The van der Waals surface area contributed by atoms with Crippen LogP contribution in [0.1, 0.15) is 12.8 Å². The second-order valence-corrected chi connectivity index (χ2v) is 3.66. The maximum atomic E-state index is 11.8. The van der Waals surface area contributed by atoms with E-state index in [0.29, 0.717) is 18.8 Å². The lowest BCUT2D eigenvalue weighted by Crippen LogP contribution is -2.33. The van der Waals surface area contributed by atoms with Crippen LogP contribution in [-0.4, -0.2) is 25.2 Å². The van der Waals surface area contributed by atoms with E-state index in [1.54, 1.807) is 17.4 Å². The Hall–Kier alpha value is -1.72. The minimum atomic E-state index is -4.36. The van der Waals surface area contributed by atoms with Crippen molar-refractivity contribution in [1.82, 2.24) is 5.32 Å². The van der Waals surface area contributed by atoms with Gasteiger partial charge >= 0.3 is 6.18 Å². The largest absolute Gasteiger partial charge is 0.494 e. The highest BCUT2D eigenvalue weighted by Crippen LogP contribution is 2.12. The van der Waals surface area contributed by atoms with Crippen molar-refractivity contribution in [3.63, 3.8) is 0 Å². The maximum Gasteiger partial charge on any atom is 0.405 e. The van der Waals surface area contributed by atoms with Crippen molar-refractivity contribution in [3.05, 3.63) is 30.3 Å². The summed E-state index contributed by atoms with van der Waals surface area (Å²) in [6, 6.07) is 9.00. The van der Waals surface area contributed by atoms with Crippen molar-refractivity contribution in [2.24, 2.45) is 0 Å². The molecule has 0 bridgehead atoms. The molecule has 0 aliphatic carbocycles. The van der Waals surface area contributed by atoms with Crippen LogP contribution in [0, 0.1) is 0 Å². The molecule has 0 aromatic heterocycles. The summed E-state index contributed by atoms with van der Waals surface area (Å²) >= 11 is 0. The molecule has 0 atom stereocenters. The van der Waals surface area contributed by atoms with Crippen molar-refractivity contribution in [2.45, 2.75) is 19.0 Å². The van der Waals surface area contributed by atoms with Gasteiger partial charge in [0.25, 0.3) is 0 Å². The van der Waals surface area contributed by atoms with E-state index >= 15 is 0 Å². The van der Waals surface area contributed by atoms with Gasteiger partial charge in [0.1, 0.15) is 12.3 Å². The van der Waals surface area contributed by atoms with E-state index in [1.807, 2.05) is 18.2 Å². The van der Waals surface area contributed by atoms with Gasteiger partial charge in [0.15, 0.2) is 0 Å². The number of ether oxygens (including phenoxy) is 1. The average molecular weight is 261 g/mol. The van der Waals surface area contributed by atoms with Crippen molar-refractivity contribution in [1.29, 1.82) is 0 Å². The first-order valence-electron chi connectivity index (χ1n) is 5.49. The van der Waals surface area contributed by atoms with Gasteiger partial charge in [-0.2, -0.15) is 13.2 Å². The smallest absolute Gasteiger partial charge is 0.405 e. The van der Waals surface area contributed by atoms with E-state index in [0.717, 1.165) is 0 Å². The Morgan fingerprint density at radius 3 is 2.50 bits per heavy atom. The summed E-state index contributed by atoms with van der Waals surface area (Å²) in [6.07, 6.45) is -3.97. The van der Waals surface area contributed by atoms with E-state index < -0.39 is 18.6 Å². The highest BCUT2D eigenvalue weighted by atomic mass is 19.4. The fourth-order valence-electron chi connectivity index (χ4n) is 1.23. The first kappa shape index (κ1) is 14.3. The number of hydrogen-bond donors (Lipinski definition) is 1. The monoisotopic (exact) mass is 261 g/mol. The number of alkyl halides is 3. The molecule has 3 nitrogen and oxygen atoms in total. The summed E-state index contributed by atoms with van der Waals surface area (Å²) < 4.78 is 40.7. The summed E-state index contributed by atoms with van der Waals surface area (Å²) in [7, 11) is 0. The molecule has 100 valence electrons. The number of para-hydroxylation sites is 1. The third-order valence-electron chi connectivity index (χ3n) is 2.05. The summed E-state index contributed by atoms with van der Waals surface area (Å²) in [6.45, 7) is -0.991. The Morgan fingerprint density at radius 2 is 1.89 bits per heavy atom. The van der Waals surface area contributed by atoms with Crippen LogP contribution in [-0.2, 0) is 4.79 Å². The van der Waals surface area contributed by atoms with E-state index in [4.69, 9.17) is 4.74 Å². The standard InChI is InChI=1S/C12H14F3NO2/c13-12(14,15)9-16-11(17)7-4-8-18-10-5-2-1-3-6-10/h1-3,5-6H,4,7-9H2,(H,16,17). The minimum Gasteiger partial charge on any atom is -0.494 e. The summed E-state index contributed by atoms with van der Waals surface area (Å²) in [5.41, 5.74) is 0. The van der Waals surface area contributed by atoms with Gasteiger partial charge < -0.3 is 10.1 Å². The van der Waals surface area contributed by atoms with E-state index in [-0.39, 0.29) is 6.42 Å². The molecule has 0 heterocycles. The van der Waals surface area contributed by atoms with Crippen molar-refractivity contribution < 1.29 is 22.7 Å². The van der Waals surface area contributed by atoms with Gasteiger partial charge in [0.05, 0.1) is 6.61 Å². The Morgan fingerprint density at radius 1 is 1.22 bits per heavy atom. The quantitative estimate of drug-likeness (QED) is 0.799. The SMILES string of the molecule is O=C(CCCOc1ccccc1)NCC(F)(F)F. The lowest BCUT2D eigenvalue weighted by atomic mass is 10.3. The van der Waals surface area contributed by atoms with Gasteiger partial charge in [0.2, 0.25) is 5.91 Å². The molecule has 6 heteroatoms. The Balaban J connectivity index is 2.09. The molecule has 1 aromatic carbocycles. The van der Waals surface area contributed by atoms with Crippen molar-refractivity contribution in [3.8, 4) is 5.75 Å². The van der Waals surface area contributed by atoms with E-state index in [2.05, 4.69) is 0 Å². The fourth-order valence-corrected chi connectivity index (χ4v) is 1.23. The number of halogens is 3. The number of carbonyl (C=O) groups excluding carboxylic acids is 1. The topological polar surface area (TPSA) is 38.3 Å². The molecule has 0 saturated heterocycles. The second-order valence-electron chi connectivity index (χ2n) is 3.66. The van der Waals surface area contributed by atoms with Crippen LogP contribution in [0.5, 0.6) is 5.75 Å². The fraction of sp³-hybridized carbons (Fsp3) is 0.417. The van der Waals surface area contributed by atoms with Gasteiger partial charge in [-0.15, -0.1) is 0 Å². The van der Waals surface area contributed by atoms with Gasteiger partial charge in [-0.05, 0) is 18.6 Å². The van der Waals surface area contributed by atoms with Crippen LogP contribution in [0.3, 0.4) is 0 Å². The number of carbonyl (C=O) groups is 1. The summed E-state index contributed by atoms with van der Waals surface area (Å²) in [5.74, 6) is 0.0530. The number of amides is 1. The van der Waals surface area contributed by atoms with Crippen molar-refractivity contribution in [2.75, 3.05) is 13.2 Å². The zero-order chi connectivity index (χ0) is 13.4. The molecule has 0 aliphatic rings. The van der Waals surface area contributed by atoms with Gasteiger partial charge in [-0.25, -0.2) is 0 Å². The molecular weight excluding hydrogens is 247 g/mol. The van der Waals surface area contributed by atoms with Gasteiger partial charge in [-0.3, -0.25) is 4.79 Å². The molecule has 1 amide bonds. The van der Waals surface area contributed by atoms with Gasteiger partial charge in [-0.1, -0.05) is 18.2 Å². The van der Waals surface area contributed by atoms with Crippen LogP contribution in [0.15, 0.2) is 30.3 Å². The van der Waals surface area contributed by atoms with E-state index in [1.165, 1.54) is 0 Å². The normalized spacial score (nSPS) is 11.1. The average Bonchev–Trinajstić information content (AvgIpc) is 2.33. The molecule has 0 aliphatic heterocycles. The Labute approximate surface area is 103 Å². The number of rotatable bonds is 6. The van der Waals surface area contributed by atoms with Gasteiger partial charge in [0, 0.05) is 6.42 Å². The third-order valence-corrected chi connectivity index (χ3v) is 2.05. The lowest BCUT2D eigenvalue weighted by molar-refractivity contribution is -0.138. The Bertz CT molecular complexity index is 365. The van der Waals surface area contributed by atoms with Crippen LogP contribution >= 0.6 is 0 Å². The molecule has 1 N–H and O–H groups in total. The number of benzene rings is 1. The predicted octanol–water partition coefficient (Wildman–Crippen LogP) is 2.52. The highest BCUT2D eigenvalue weighted by Gasteiger charge is 2.27. The minimum absolute atomic E-state index is 0.0168. The first-order valence-corrected chi connectivity index (χ1v) is 5.49. The molecule has 0 unspecified atom stereocenters. The Kier molecular flexibility index (Phi) is 5.48. The predicted molar refractivity (Wildman–Crippen MR) is 60.2 cm³/mol. The van der Waals surface area contributed by atoms with Crippen LogP contribution in [0.2, 0.25) is 0 Å². The molecule has 0 fully saturated rings. The molecule has 1 rings (SSSR count). The zero-order valence-corrected chi connectivity index (χ0v) is 9.67. The highest BCUT2D eigenvalue weighted by molar-refractivity contribution is 5.75. The molecule has 1 aromatic rings. The molecule has 0 saturated carbocycles. The number of hydrogen-bond acceptors (Lipinski definition) is 2. The molecule has 0 spiro atoms. The van der Waals surface area contributed by atoms with Crippen molar-refractivity contribution >= 4 is 5.91 Å². The van der Waals surface area contributed by atoms with Crippen LogP contribution in [0.4, 0.5) is 13.2 Å². The second kappa shape index (κ2) is 6.88. The molecule has 0 radical (unpaired) electrons. The maximum absolute atomic E-state index is 11.8. The van der Waals surface area contributed by atoms with E-state index in [9.17, 15) is 18.0 Å². The van der Waals surface area contributed by atoms with Crippen LogP contribution < -0.4 is 10.1 Å². The summed E-state index contributed by atoms with van der Waals surface area (Å²) in [5, 5.41) is 1.80. The molecule has 18 heavy (non-hydrogen) atoms. The molecular formula is C12H14F3NO2. The first-order chi connectivity index (χ1) is 8.47. The zero-order valence-electron chi connectivity index (χ0n) is 9.67.